The van der Waals surface area contributed by atoms with E-state index in [1.54, 1.807) is 0 Å². The van der Waals surface area contributed by atoms with E-state index in [9.17, 15) is 28.1 Å². The summed E-state index contributed by atoms with van der Waals surface area (Å²) in [4.78, 5) is 23.9. The second-order valence-electron chi connectivity index (χ2n) is 2.94. The zero-order valence-electron chi connectivity index (χ0n) is 9.02. The number of rotatable bonds is 3. The number of alkyl halides is 3. The van der Waals surface area contributed by atoms with Crippen molar-refractivity contribution in [3.8, 4) is 5.75 Å². The van der Waals surface area contributed by atoms with E-state index in [0.717, 1.165) is 13.3 Å². The van der Waals surface area contributed by atoms with Crippen LogP contribution in [0, 0.1) is 13.7 Å². The van der Waals surface area contributed by atoms with Crippen molar-refractivity contribution in [1.82, 2.24) is 4.98 Å². The highest BCUT2D eigenvalue weighted by molar-refractivity contribution is 14.1. The summed E-state index contributed by atoms with van der Waals surface area (Å²) in [7, 11) is 1.00. The third kappa shape index (κ3) is 3.65. The Labute approximate surface area is 117 Å². The van der Waals surface area contributed by atoms with Crippen LogP contribution in [0.25, 0.3) is 0 Å². The summed E-state index contributed by atoms with van der Waals surface area (Å²) < 4.78 is 44.0. The number of ether oxygens (including phenoxy) is 2. The Hall–Kier alpha value is -1.66. The van der Waals surface area contributed by atoms with Crippen LogP contribution in [0.5, 0.6) is 5.75 Å². The van der Waals surface area contributed by atoms with Crippen molar-refractivity contribution in [2.24, 2.45) is 0 Å². The molecule has 0 aliphatic heterocycles. The van der Waals surface area contributed by atoms with Crippen molar-refractivity contribution in [1.29, 1.82) is 0 Å². The number of methoxy groups -OCH3 is 1. The van der Waals surface area contributed by atoms with E-state index in [1.807, 2.05) is 0 Å². The van der Waals surface area contributed by atoms with Gasteiger partial charge in [0.1, 0.15) is 5.56 Å². The van der Waals surface area contributed by atoms with E-state index in [0.29, 0.717) is 0 Å². The first-order chi connectivity index (χ1) is 8.67. The molecule has 1 aromatic heterocycles. The molecule has 1 heterocycles. The lowest BCUT2D eigenvalue weighted by Crippen LogP contribution is -2.20. The van der Waals surface area contributed by atoms with E-state index in [1.165, 1.54) is 22.6 Å². The standard InChI is InChI=1S/C8H4F3IN2O5/c1-18-7(15)3-2-13-6(14(16)17)5(4(3)12)19-8(9,10)11/h2H,1H3. The van der Waals surface area contributed by atoms with Gasteiger partial charge < -0.3 is 19.6 Å². The van der Waals surface area contributed by atoms with Crippen molar-refractivity contribution >= 4 is 34.4 Å². The van der Waals surface area contributed by atoms with E-state index < -0.39 is 32.4 Å². The number of carbonyl (C=O) groups excluding carboxylic acids is 1. The van der Waals surface area contributed by atoms with Crippen LogP contribution in [-0.4, -0.2) is 29.3 Å². The lowest BCUT2D eigenvalue weighted by molar-refractivity contribution is -0.393. The summed E-state index contributed by atoms with van der Waals surface area (Å²) >= 11 is 1.31. The minimum atomic E-state index is -5.15. The summed E-state index contributed by atoms with van der Waals surface area (Å²) in [5.74, 6) is -3.28. The molecule has 0 aromatic carbocycles. The molecule has 19 heavy (non-hydrogen) atoms. The smallest absolute Gasteiger partial charge is 0.465 e. The normalized spacial score (nSPS) is 11.0. The van der Waals surface area contributed by atoms with Gasteiger partial charge in [0.25, 0.3) is 0 Å². The molecule has 104 valence electrons. The minimum absolute atomic E-state index is 0.368. The number of pyridine rings is 1. The average molecular weight is 392 g/mol. The summed E-state index contributed by atoms with van der Waals surface area (Å²) in [5, 5.41) is 10.6. The summed E-state index contributed by atoms with van der Waals surface area (Å²) in [6, 6.07) is 0. The number of aromatic nitrogens is 1. The number of nitrogens with zero attached hydrogens (tertiary/aromatic N) is 2. The van der Waals surface area contributed by atoms with Gasteiger partial charge in [-0.05, 0) is 32.5 Å². The molecule has 0 aliphatic rings. The molecule has 0 saturated carbocycles. The highest BCUT2D eigenvalue weighted by Crippen LogP contribution is 2.36. The molecule has 0 fully saturated rings. The van der Waals surface area contributed by atoms with Gasteiger partial charge in [0, 0.05) is 0 Å². The second kappa shape index (κ2) is 5.54. The van der Waals surface area contributed by atoms with Gasteiger partial charge in [0.05, 0.1) is 10.7 Å². The summed E-state index contributed by atoms with van der Waals surface area (Å²) in [6.07, 6.45) is -4.41. The largest absolute Gasteiger partial charge is 0.573 e. The maximum absolute atomic E-state index is 12.2. The van der Waals surface area contributed by atoms with Gasteiger partial charge in [0.2, 0.25) is 5.75 Å². The predicted molar refractivity (Wildman–Crippen MR) is 61.6 cm³/mol. The van der Waals surface area contributed by atoms with Crippen LogP contribution in [0.15, 0.2) is 6.20 Å². The topological polar surface area (TPSA) is 91.6 Å². The Morgan fingerprint density at radius 1 is 1.53 bits per heavy atom. The van der Waals surface area contributed by atoms with Crippen LogP contribution in [0.1, 0.15) is 10.4 Å². The lowest BCUT2D eigenvalue weighted by atomic mass is 10.2. The number of carbonyl (C=O) groups is 1. The Morgan fingerprint density at radius 2 is 2.11 bits per heavy atom. The lowest BCUT2D eigenvalue weighted by Gasteiger charge is -2.11. The number of esters is 1. The van der Waals surface area contributed by atoms with Crippen molar-refractivity contribution in [3.63, 3.8) is 0 Å². The molecular formula is C8H4F3IN2O5. The fraction of sp³-hybridized carbons (Fsp3) is 0.250. The Balaban J connectivity index is 3.44. The van der Waals surface area contributed by atoms with E-state index >= 15 is 0 Å². The third-order valence-corrected chi connectivity index (χ3v) is 2.82. The number of hydrogen-bond donors (Lipinski definition) is 0. The first kappa shape index (κ1) is 15.4. The zero-order chi connectivity index (χ0) is 14.8. The van der Waals surface area contributed by atoms with Gasteiger partial charge in [-0.1, -0.05) is 0 Å². The highest BCUT2D eigenvalue weighted by atomic mass is 127. The fourth-order valence-electron chi connectivity index (χ4n) is 1.05. The molecule has 0 saturated heterocycles. The minimum Gasteiger partial charge on any atom is -0.465 e. The van der Waals surface area contributed by atoms with Crippen LogP contribution in [0.2, 0.25) is 0 Å². The summed E-state index contributed by atoms with van der Waals surface area (Å²) in [6.45, 7) is 0. The average Bonchev–Trinajstić information content (AvgIpc) is 2.28. The first-order valence-corrected chi connectivity index (χ1v) is 5.42. The van der Waals surface area contributed by atoms with E-state index in [2.05, 4.69) is 14.5 Å². The Morgan fingerprint density at radius 3 is 2.53 bits per heavy atom. The number of hydrogen-bond acceptors (Lipinski definition) is 6. The molecular weight excluding hydrogens is 388 g/mol. The molecule has 0 aliphatic carbocycles. The van der Waals surface area contributed by atoms with Crippen LogP contribution < -0.4 is 4.74 Å². The zero-order valence-corrected chi connectivity index (χ0v) is 11.2. The fourth-order valence-corrected chi connectivity index (χ4v) is 1.76. The van der Waals surface area contributed by atoms with Crippen molar-refractivity contribution in [3.05, 3.63) is 25.4 Å². The molecule has 0 bridgehead atoms. The maximum atomic E-state index is 12.2. The monoisotopic (exact) mass is 392 g/mol. The number of nitro groups is 1. The van der Waals surface area contributed by atoms with Gasteiger partial charge in [-0.15, -0.1) is 13.2 Å². The molecule has 11 heteroatoms. The Bertz CT molecular complexity index is 534. The van der Waals surface area contributed by atoms with Crippen LogP contribution in [-0.2, 0) is 4.74 Å². The second-order valence-corrected chi connectivity index (χ2v) is 4.01. The first-order valence-electron chi connectivity index (χ1n) is 4.34. The molecule has 0 N–H and O–H groups in total. The molecule has 0 amide bonds. The van der Waals surface area contributed by atoms with Gasteiger partial charge >= 0.3 is 18.1 Å². The molecule has 0 radical (unpaired) electrons. The van der Waals surface area contributed by atoms with Crippen molar-refractivity contribution in [2.45, 2.75) is 6.36 Å². The molecule has 0 spiro atoms. The van der Waals surface area contributed by atoms with Crippen LogP contribution in [0.4, 0.5) is 19.0 Å². The van der Waals surface area contributed by atoms with Crippen molar-refractivity contribution in [2.75, 3.05) is 7.11 Å². The highest BCUT2D eigenvalue weighted by Gasteiger charge is 2.38. The van der Waals surface area contributed by atoms with Gasteiger partial charge in [-0.2, -0.15) is 0 Å². The molecule has 1 aromatic rings. The quantitative estimate of drug-likeness (QED) is 0.339. The van der Waals surface area contributed by atoms with E-state index in [-0.39, 0.29) is 5.56 Å². The SMILES string of the molecule is COC(=O)c1cnc([N+](=O)[O-])c(OC(F)(F)F)c1I. The van der Waals surface area contributed by atoms with Crippen molar-refractivity contribution < 1.29 is 32.4 Å². The Kier molecular flexibility index (Phi) is 4.49. The molecule has 0 atom stereocenters. The van der Waals surface area contributed by atoms with Gasteiger partial charge in [0.15, 0.2) is 6.20 Å². The predicted octanol–water partition coefficient (Wildman–Crippen LogP) is 2.28. The molecule has 1 rings (SSSR count). The van der Waals surface area contributed by atoms with Gasteiger partial charge in [-0.3, -0.25) is 0 Å². The number of halogens is 4. The third-order valence-electron chi connectivity index (χ3n) is 1.75. The molecule has 7 nitrogen and oxygen atoms in total. The van der Waals surface area contributed by atoms with Crippen LogP contribution in [0.3, 0.4) is 0 Å². The van der Waals surface area contributed by atoms with Gasteiger partial charge in [-0.25, -0.2) is 4.79 Å². The summed E-state index contributed by atoms with van der Waals surface area (Å²) in [5.41, 5.74) is -0.368. The maximum Gasteiger partial charge on any atom is 0.573 e. The molecule has 0 unspecified atom stereocenters. The van der Waals surface area contributed by atoms with E-state index in [4.69, 9.17) is 0 Å². The van der Waals surface area contributed by atoms with Crippen LogP contribution >= 0.6 is 22.6 Å².